The molecule has 3 amide bonds. The fraction of sp³-hybridized carbons (Fsp3) is 0.389. The molecule has 2 unspecified atom stereocenters. The third kappa shape index (κ3) is 9.69. The van der Waals surface area contributed by atoms with Crippen LogP contribution in [0.4, 0.5) is 4.79 Å². The van der Waals surface area contributed by atoms with Crippen molar-refractivity contribution in [2.75, 3.05) is 5.75 Å². The van der Waals surface area contributed by atoms with Crippen LogP contribution in [0, 0.1) is 0 Å². The van der Waals surface area contributed by atoms with Gasteiger partial charge in [-0.05, 0) is 57.2 Å². The molecule has 0 aromatic heterocycles. The standard InChI is InChI=1S/C36H45N3O5S/c1-7-29(37-33(42)30(8-2)39-34(43)44-35(4,5)6)32(41)38-31(25(3)40)24-45-36(26-18-12-9-13-19-26,27-20-14-10-15-21-27)28-22-16-11-17-23-28/h9-23,29-31H,7-8,24H2,1-6H3,(H,37,42)(H,38,41)(H,39,43)/t29-,30?,31?/m0/s1. The number of Topliss-reactive ketones (excluding diaryl/α,β-unsaturated/α-hetero) is 1. The molecule has 240 valence electrons. The number of ether oxygens (including phenoxy) is 1. The molecule has 0 bridgehead atoms. The van der Waals surface area contributed by atoms with E-state index in [-0.39, 0.29) is 11.5 Å². The van der Waals surface area contributed by atoms with Crippen molar-refractivity contribution in [3.63, 3.8) is 0 Å². The Kier molecular flexibility index (Phi) is 12.8. The van der Waals surface area contributed by atoms with Gasteiger partial charge >= 0.3 is 6.09 Å². The zero-order chi connectivity index (χ0) is 33.0. The molecule has 0 aliphatic carbocycles. The van der Waals surface area contributed by atoms with Crippen LogP contribution in [0.3, 0.4) is 0 Å². The highest BCUT2D eigenvalue weighted by Crippen LogP contribution is 2.48. The van der Waals surface area contributed by atoms with Crippen LogP contribution < -0.4 is 16.0 Å². The lowest BCUT2D eigenvalue weighted by Gasteiger charge is -2.36. The quantitative estimate of drug-likeness (QED) is 0.189. The van der Waals surface area contributed by atoms with Crippen molar-refractivity contribution in [2.24, 2.45) is 0 Å². The zero-order valence-corrected chi connectivity index (χ0v) is 27.8. The normalized spacial score (nSPS) is 13.6. The fourth-order valence-corrected chi connectivity index (χ4v) is 6.58. The summed E-state index contributed by atoms with van der Waals surface area (Å²) in [4.78, 5) is 51.8. The maximum atomic E-state index is 13.5. The summed E-state index contributed by atoms with van der Waals surface area (Å²) in [6.45, 7) is 10.2. The van der Waals surface area contributed by atoms with Gasteiger partial charge in [-0.2, -0.15) is 0 Å². The summed E-state index contributed by atoms with van der Waals surface area (Å²) in [5.41, 5.74) is 2.41. The minimum absolute atomic E-state index is 0.196. The molecule has 3 rings (SSSR count). The molecule has 0 fully saturated rings. The second-order valence-corrected chi connectivity index (χ2v) is 13.1. The van der Waals surface area contributed by atoms with Crippen molar-refractivity contribution in [1.29, 1.82) is 0 Å². The van der Waals surface area contributed by atoms with Gasteiger partial charge in [0.2, 0.25) is 11.8 Å². The van der Waals surface area contributed by atoms with Crippen molar-refractivity contribution in [1.82, 2.24) is 16.0 Å². The predicted molar refractivity (Wildman–Crippen MR) is 180 cm³/mol. The molecule has 8 nitrogen and oxygen atoms in total. The first kappa shape index (κ1) is 35.4. The monoisotopic (exact) mass is 631 g/mol. The molecule has 0 saturated carbocycles. The maximum absolute atomic E-state index is 13.5. The molecule has 0 aliphatic heterocycles. The second-order valence-electron chi connectivity index (χ2n) is 11.8. The van der Waals surface area contributed by atoms with Crippen LogP contribution in [0.25, 0.3) is 0 Å². The van der Waals surface area contributed by atoms with E-state index in [1.807, 2.05) is 54.6 Å². The van der Waals surface area contributed by atoms with E-state index in [0.29, 0.717) is 12.8 Å². The maximum Gasteiger partial charge on any atom is 0.408 e. The highest BCUT2D eigenvalue weighted by molar-refractivity contribution is 8.00. The summed E-state index contributed by atoms with van der Waals surface area (Å²) in [7, 11) is 0. The Morgan fingerprint density at radius 2 is 1.02 bits per heavy atom. The molecule has 0 saturated heterocycles. The Morgan fingerprint density at radius 1 is 0.644 bits per heavy atom. The number of thioether (sulfide) groups is 1. The number of rotatable bonds is 14. The van der Waals surface area contributed by atoms with Crippen LogP contribution in [0.1, 0.15) is 71.1 Å². The lowest BCUT2D eigenvalue weighted by atomic mass is 9.84. The van der Waals surface area contributed by atoms with Crippen LogP contribution in [0.5, 0.6) is 0 Å². The first-order valence-electron chi connectivity index (χ1n) is 15.3. The molecule has 3 atom stereocenters. The Morgan fingerprint density at radius 3 is 1.38 bits per heavy atom. The number of hydrogen-bond acceptors (Lipinski definition) is 6. The SMILES string of the molecule is CCC(NC(=O)OC(C)(C)C)C(=O)N[C@@H](CC)C(=O)NC(CSC(c1ccccc1)(c1ccccc1)c1ccccc1)C(C)=O. The van der Waals surface area contributed by atoms with Crippen LogP contribution >= 0.6 is 11.8 Å². The minimum Gasteiger partial charge on any atom is -0.444 e. The number of carbonyl (C=O) groups is 4. The lowest BCUT2D eigenvalue weighted by Crippen LogP contribution is -2.56. The van der Waals surface area contributed by atoms with Gasteiger partial charge in [0, 0.05) is 5.75 Å². The number of alkyl carbamates (subject to hydrolysis) is 1. The zero-order valence-electron chi connectivity index (χ0n) is 27.0. The topological polar surface area (TPSA) is 114 Å². The number of carbonyl (C=O) groups excluding carboxylic acids is 4. The Labute approximate surface area is 271 Å². The average Bonchev–Trinajstić information content (AvgIpc) is 3.02. The van der Waals surface area contributed by atoms with Gasteiger partial charge in [-0.1, -0.05) is 105 Å². The summed E-state index contributed by atoms with van der Waals surface area (Å²) in [6, 6.07) is 27.7. The molecule has 3 aromatic carbocycles. The van der Waals surface area contributed by atoms with E-state index in [0.717, 1.165) is 16.7 Å². The largest absolute Gasteiger partial charge is 0.444 e. The number of amides is 3. The van der Waals surface area contributed by atoms with Crippen LogP contribution in [-0.4, -0.2) is 53.2 Å². The molecule has 0 radical (unpaired) electrons. The van der Waals surface area contributed by atoms with Crippen LogP contribution in [-0.2, 0) is 23.9 Å². The number of nitrogens with one attached hydrogen (secondary N) is 3. The highest BCUT2D eigenvalue weighted by atomic mass is 32.2. The molecule has 0 spiro atoms. The molecule has 9 heteroatoms. The summed E-state index contributed by atoms with van der Waals surface area (Å²) in [6.07, 6.45) is -0.120. The van der Waals surface area contributed by atoms with E-state index in [1.165, 1.54) is 6.92 Å². The Balaban J connectivity index is 1.83. The smallest absolute Gasteiger partial charge is 0.408 e. The summed E-state index contributed by atoms with van der Waals surface area (Å²) in [5.74, 6) is -0.890. The van der Waals surface area contributed by atoms with E-state index in [2.05, 4.69) is 52.3 Å². The van der Waals surface area contributed by atoms with E-state index in [1.54, 1.807) is 46.4 Å². The molecular formula is C36H45N3O5S. The summed E-state index contributed by atoms with van der Waals surface area (Å²) >= 11 is 1.58. The summed E-state index contributed by atoms with van der Waals surface area (Å²) in [5, 5.41) is 8.20. The number of benzene rings is 3. The van der Waals surface area contributed by atoms with Crippen molar-refractivity contribution >= 4 is 35.5 Å². The summed E-state index contributed by atoms with van der Waals surface area (Å²) < 4.78 is 4.61. The number of hydrogen-bond donors (Lipinski definition) is 3. The minimum atomic E-state index is -0.902. The van der Waals surface area contributed by atoms with Crippen molar-refractivity contribution < 1.29 is 23.9 Å². The third-order valence-corrected chi connectivity index (χ3v) is 8.91. The van der Waals surface area contributed by atoms with Gasteiger partial charge in [0.05, 0.1) is 10.8 Å². The van der Waals surface area contributed by atoms with Gasteiger partial charge in [-0.25, -0.2) is 4.79 Å². The molecule has 3 N–H and O–H groups in total. The van der Waals surface area contributed by atoms with Crippen LogP contribution in [0.15, 0.2) is 91.0 Å². The Hall–Kier alpha value is -4.11. The van der Waals surface area contributed by atoms with E-state index >= 15 is 0 Å². The second kappa shape index (κ2) is 16.3. The molecule has 45 heavy (non-hydrogen) atoms. The lowest BCUT2D eigenvalue weighted by molar-refractivity contribution is -0.131. The van der Waals surface area contributed by atoms with Crippen molar-refractivity contribution in [2.45, 2.75) is 82.9 Å². The molecule has 3 aromatic rings. The van der Waals surface area contributed by atoms with Gasteiger partial charge < -0.3 is 20.7 Å². The van der Waals surface area contributed by atoms with E-state index in [4.69, 9.17) is 4.74 Å². The fourth-order valence-electron chi connectivity index (χ4n) is 4.94. The van der Waals surface area contributed by atoms with Gasteiger partial charge in [0.1, 0.15) is 17.7 Å². The van der Waals surface area contributed by atoms with Crippen molar-refractivity contribution in [3.8, 4) is 0 Å². The van der Waals surface area contributed by atoms with Crippen molar-refractivity contribution in [3.05, 3.63) is 108 Å². The van der Waals surface area contributed by atoms with Gasteiger partial charge in [0.25, 0.3) is 0 Å². The third-order valence-electron chi connectivity index (χ3n) is 7.27. The molecule has 0 aliphatic rings. The number of ketones is 1. The van der Waals surface area contributed by atoms with Gasteiger partial charge in [-0.3, -0.25) is 14.4 Å². The van der Waals surface area contributed by atoms with Gasteiger partial charge in [0.15, 0.2) is 5.78 Å². The first-order valence-corrected chi connectivity index (χ1v) is 16.3. The highest BCUT2D eigenvalue weighted by Gasteiger charge is 2.38. The predicted octanol–water partition coefficient (Wildman–Crippen LogP) is 5.98. The average molecular weight is 632 g/mol. The van der Waals surface area contributed by atoms with E-state index in [9.17, 15) is 19.2 Å². The van der Waals surface area contributed by atoms with Crippen LogP contribution in [0.2, 0.25) is 0 Å². The van der Waals surface area contributed by atoms with E-state index < -0.39 is 46.4 Å². The molecule has 0 heterocycles. The molecular weight excluding hydrogens is 586 g/mol. The first-order chi connectivity index (χ1) is 21.4. The van der Waals surface area contributed by atoms with Gasteiger partial charge in [-0.15, -0.1) is 11.8 Å². The Bertz CT molecular complexity index is 1310.